The summed E-state index contributed by atoms with van der Waals surface area (Å²) in [5.74, 6) is -0.389. The molecule has 6 heteroatoms. The van der Waals surface area contributed by atoms with Crippen molar-refractivity contribution >= 4 is 23.2 Å². The average Bonchev–Trinajstić information content (AvgIpc) is 2.83. The number of benzene rings is 1. The Balaban J connectivity index is 2.32. The van der Waals surface area contributed by atoms with Gasteiger partial charge in [-0.2, -0.15) is 5.26 Å². The molecule has 1 aromatic carbocycles. The van der Waals surface area contributed by atoms with E-state index in [1.165, 1.54) is 0 Å². The van der Waals surface area contributed by atoms with Crippen molar-refractivity contribution in [3.8, 4) is 6.07 Å². The molecule has 0 aliphatic carbocycles. The predicted octanol–water partition coefficient (Wildman–Crippen LogP) is 1.29. The highest BCUT2D eigenvalue weighted by Crippen LogP contribution is 2.30. The number of carbonyl (C=O) groups excluding carboxylic acids is 1. The summed E-state index contributed by atoms with van der Waals surface area (Å²) >= 11 is 6.01. The summed E-state index contributed by atoms with van der Waals surface area (Å²) in [5.41, 5.74) is 6.59. The first-order valence-corrected chi connectivity index (χ1v) is 6.23. The summed E-state index contributed by atoms with van der Waals surface area (Å²) in [7, 11) is 1.61. The van der Waals surface area contributed by atoms with E-state index in [1.54, 1.807) is 25.3 Å². The van der Waals surface area contributed by atoms with Crippen LogP contribution in [0.3, 0.4) is 0 Å². The topological polar surface area (TPSA) is 79.3 Å². The Kier molecular flexibility index (Phi) is 3.93. The van der Waals surface area contributed by atoms with Crippen molar-refractivity contribution in [1.29, 1.82) is 5.26 Å². The molecule has 100 valence electrons. The molecule has 0 spiro atoms. The molecule has 2 N–H and O–H groups in total. The van der Waals surface area contributed by atoms with Crippen LogP contribution in [-0.2, 0) is 9.53 Å². The average molecular weight is 280 g/mol. The van der Waals surface area contributed by atoms with Gasteiger partial charge in [0.25, 0.3) is 0 Å². The minimum absolute atomic E-state index is 0.0353. The molecule has 1 aliphatic rings. The van der Waals surface area contributed by atoms with E-state index >= 15 is 0 Å². The lowest BCUT2D eigenvalue weighted by molar-refractivity contribution is -0.119. The van der Waals surface area contributed by atoms with E-state index in [4.69, 9.17) is 27.3 Å². The third-order valence-electron chi connectivity index (χ3n) is 3.33. The zero-order valence-corrected chi connectivity index (χ0v) is 11.2. The van der Waals surface area contributed by atoms with E-state index in [0.717, 1.165) is 5.69 Å². The molecule has 1 fully saturated rings. The molecule has 0 saturated carbocycles. The van der Waals surface area contributed by atoms with Gasteiger partial charge in [0.1, 0.15) is 12.1 Å². The van der Waals surface area contributed by atoms with E-state index in [1.807, 2.05) is 11.0 Å². The third kappa shape index (κ3) is 2.65. The number of primary amides is 1. The number of nitrogens with zero attached hydrogens (tertiary/aromatic N) is 2. The first kappa shape index (κ1) is 13.7. The Labute approximate surface area is 116 Å². The van der Waals surface area contributed by atoms with Gasteiger partial charge in [0, 0.05) is 25.8 Å². The fourth-order valence-electron chi connectivity index (χ4n) is 2.30. The van der Waals surface area contributed by atoms with Crippen LogP contribution >= 0.6 is 11.6 Å². The fourth-order valence-corrected chi connectivity index (χ4v) is 2.51. The summed E-state index contributed by atoms with van der Waals surface area (Å²) in [6, 6.07) is 6.66. The van der Waals surface area contributed by atoms with Gasteiger partial charge in [0.05, 0.1) is 16.7 Å². The lowest BCUT2D eigenvalue weighted by Gasteiger charge is -2.24. The smallest absolute Gasteiger partial charge is 0.240 e. The van der Waals surface area contributed by atoms with Crippen LogP contribution in [0.15, 0.2) is 18.2 Å². The molecule has 1 saturated heterocycles. The number of nitrogens with two attached hydrogens (primary N) is 1. The standard InChI is InChI=1S/C13H14ClN3O2/c1-19-10-5-12(13(16)18)17(7-10)9-3-2-8(6-15)11(14)4-9/h2-4,10,12H,5,7H2,1H3,(H2,16,18)/t10-,12-/m0/s1. The van der Waals surface area contributed by atoms with Crippen molar-refractivity contribution in [2.24, 2.45) is 5.73 Å². The van der Waals surface area contributed by atoms with Crippen LogP contribution in [0, 0.1) is 11.3 Å². The molecular formula is C13H14ClN3O2. The molecule has 0 unspecified atom stereocenters. The van der Waals surface area contributed by atoms with E-state index in [0.29, 0.717) is 23.6 Å². The van der Waals surface area contributed by atoms with Crippen molar-refractivity contribution in [2.75, 3.05) is 18.6 Å². The number of ether oxygens (including phenoxy) is 1. The number of hydrogen-bond donors (Lipinski definition) is 1. The lowest BCUT2D eigenvalue weighted by atomic mass is 10.1. The summed E-state index contributed by atoms with van der Waals surface area (Å²) in [4.78, 5) is 13.4. The van der Waals surface area contributed by atoms with E-state index in [9.17, 15) is 4.79 Å². The minimum atomic E-state index is -0.408. The van der Waals surface area contributed by atoms with Gasteiger partial charge < -0.3 is 15.4 Å². The van der Waals surface area contributed by atoms with Crippen molar-refractivity contribution in [1.82, 2.24) is 0 Å². The summed E-state index contributed by atoms with van der Waals surface area (Å²) in [5, 5.41) is 9.22. The Bertz CT molecular complexity index is 541. The molecule has 1 aliphatic heterocycles. The predicted molar refractivity (Wildman–Crippen MR) is 71.9 cm³/mol. The van der Waals surface area contributed by atoms with Crippen molar-refractivity contribution < 1.29 is 9.53 Å². The molecule has 2 atom stereocenters. The zero-order valence-electron chi connectivity index (χ0n) is 10.5. The minimum Gasteiger partial charge on any atom is -0.380 e. The molecule has 1 aromatic rings. The second-order valence-electron chi connectivity index (χ2n) is 4.44. The molecule has 1 heterocycles. The molecule has 5 nitrogen and oxygen atoms in total. The fraction of sp³-hybridized carbons (Fsp3) is 0.385. The lowest BCUT2D eigenvalue weighted by Crippen LogP contribution is -2.40. The number of hydrogen-bond acceptors (Lipinski definition) is 4. The molecule has 1 amide bonds. The number of halogens is 1. The van der Waals surface area contributed by atoms with Crippen LogP contribution in [0.2, 0.25) is 5.02 Å². The van der Waals surface area contributed by atoms with Crippen molar-refractivity contribution in [3.05, 3.63) is 28.8 Å². The first-order chi connectivity index (χ1) is 9.06. The highest BCUT2D eigenvalue weighted by atomic mass is 35.5. The van der Waals surface area contributed by atoms with Crippen LogP contribution in [0.4, 0.5) is 5.69 Å². The van der Waals surface area contributed by atoms with E-state index < -0.39 is 6.04 Å². The zero-order chi connectivity index (χ0) is 14.0. The van der Waals surface area contributed by atoms with Crippen molar-refractivity contribution in [3.63, 3.8) is 0 Å². The number of amides is 1. The maximum absolute atomic E-state index is 11.5. The number of methoxy groups -OCH3 is 1. The highest BCUT2D eigenvalue weighted by molar-refractivity contribution is 6.32. The number of carbonyl (C=O) groups is 1. The molecule has 0 aromatic heterocycles. The molecule has 0 radical (unpaired) electrons. The quantitative estimate of drug-likeness (QED) is 0.904. The van der Waals surface area contributed by atoms with Crippen LogP contribution in [0.25, 0.3) is 0 Å². The van der Waals surface area contributed by atoms with Gasteiger partial charge in [-0.3, -0.25) is 4.79 Å². The first-order valence-electron chi connectivity index (χ1n) is 5.85. The Morgan fingerprint density at radius 3 is 2.89 bits per heavy atom. The van der Waals surface area contributed by atoms with Crippen molar-refractivity contribution in [2.45, 2.75) is 18.6 Å². The Hall–Kier alpha value is -1.77. The SMILES string of the molecule is CO[C@H]1C[C@@H](C(N)=O)N(c2ccc(C#N)c(Cl)c2)C1. The van der Waals surface area contributed by atoms with Gasteiger partial charge in [-0.05, 0) is 18.2 Å². The van der Waals surface area contributed by atoms with E-state index in [-0.39, 0.29) is 12.0 Å². The van der Waals surface area contributed by atoms with Gasteiger partial charge in [-0.1, -0.05) is 11.6 Å². The molecular weight excluding hydrogens is 266 g/mol. The van der Waals surface area contributed by atoms with Crippen LogP contribution in [0.5, 0.6) is 0 Å². The molecule has 0 bridgehead atoms. The van der Waals surface area contributed by atoms with Gasteiger partial charge in [-0.25, -0.2) is 0 Å². The normalized spacial score (nSPS) is 22.3. The molecule has 2 rings (SSSR count). The second-order valence-corrected chi connectivity index (χ2v) is 4.85. The van der Waals surface area contributed by atoms with Gasteiger partial charge in [0.2, 0.25) is 5.91 Å². The van der Waals surface area contributed by atoms with Gasteiger partial charge in [-0.15, -0.1) is 0 Å². The Morgan fingerprint density at radius 1 is 1.63 bits per heavy atom. The van der Waals surface area contributed by atoms with Crippen LogP contribution in [-0.4, -0.2) is 31.7 Å². The maximum atomic E-state index is 11.5. The third-order valence-corrected chi connectivity index (χ3v) is 3.64. The largest absolute Gasteiger partial charge is 0.380 e. The maximum Gasteiger partial charge on any atom is 0.240 e. The van der Waals surface area contributed by atoms with Gasteiger partial charge >= 0.3 is 0 Å². The summed E-state index contributed by atoms with van der Waals surface area (Å²) < 4.78 is 5.28. The summed E-state index contributed by atoms with van der Waals surface area (Å²) in [6.45, 7) is 0.576. The second kappa shape index (κ2) is 5.47. The Morgan fingerprint density at radius 2 is 2.37 bits per heavy atom. The monoisotopic (exact) mass is 279 g/mol. The summed E-state index contributed by atoms with van der Waals surface area (Å²) in [6.07, 6.45) is 0.524. The number of anilines is 1. The van der Waals surface area contributed by atoms with E-state index in [2.05, 4.69) is 0 Å². The van der Waals surface area contributed by atoms with Gasteiger partial charge in [0.15, 0.2) is 0 Å². The van der Waals surface area contributed by atoms with Crippen LogP contribution < -0.4 is 10.6 Å². The molecule has 19 heavy (non-hydrogen) atoms. The van der Waals surface area contributed by atoms with Crippen LogP contribution in [0.1, 0.15) is 12.0 Å². The highest BCUT2D eigenvalue weighted by Gasteiger charge is 2.36. The number of nitriles is 1. The number of rotatable bonds is 3.